The third kappa shape index (κ3) is 4.02. The summed E-state index contributed by atoms with van der Waals surface area (Å²) in [4.78, 5) is 2.26. The monoisotopic (exact) mass is 305 g/mol. The van der Waals surface area contributed by atoms with Gasteiger partial charge in [-0.1, -0.05) is 38.3 Å². The first-order chi connectivity index (χ1) is 10.6. The average Bonchev–Trinajstić information content (AvgIpc) is 2.49. The van der Waals surface area contributed by atoms with Gasteiger partial charge in [-0.25, -0.2) is 0 Å². The second kappa shape index (κ2) is 7.98. The Bertz CT molecular complexity index is 461. The second-order valence-electron chi connectivity index (χ2n) is 6.85. The molecule has 0 bridgehead atoms. The highest BCUT2D eigenvalue weighted by atomic mass is 16.5. The molecule has 2 atom stereocenters. The fraction of sp³-hybridized carbons (Fsp3) is 0.684. The zero-order valence-electron chi connectivity index (χ0n) is 14.3. The number of hydrogen-bond donors (Lipinski definition) is 1. The minimum absolute atomic E-state index is 0.240. The molecule has 2 rings (SSSR count). The second-order valence-corrected chi connectivity index (χ2v) is 6.85. The Morgan fingerprint density at radius 1 is 1.32 bits per heavy atom. The average molecular weight is 305 g/mol. The van der Waals surface area contributed by atoms with E-state index < -0.39 is 0 Å². The van der Waals surface area contributed by atoms with Gasteiger partial charge in [-0.2, -0.15) is 0 Å². The Kier molecular flexibility index (Phi) is 6.27. The topological polar surface area (TPSA) is 32.7 Å². The van der Waals surface area contributed by atoms with E-state index in [1.807, 2.05) is 12.1 Å². The van der Waals surface area contributed by atoms with E-state index in [2.05, 4.69) is 32.0 Å². The van der Waals surface area contributed by atoms with Crippen LogP contribution in [0.25, 0.3) is 0 Å². The molecule has 124 valence electrons. The molecule has 22 heavy (non-hydrogen) atoms. The van der Waals surface area contributed by atoms with Gasteiger partial charge in [0.2, 0.25) is 0 Å². The van der Waals surface area contributed by atoms with E-state index in [0.717, 1.165) is 38.0 Å². The number of aromatic hydroxyl groups is 1. The molecule has 0 heterocycles. The molecule has 0 unspecified atom stereocenters. The molecule has 1 saturated carbocycles. The summed E-state index contributed by atoms with van der Waals surface area (Å²) >= 11 is 0. The summed E-state index contributed by atoms with van der Waals surface area (Å²) in [5.74, 6) is 0.819. The lowest BCUT2D eigenvalue weighted by molar-refractivity contribution is -0.121. The Balaban J connectivity index is 2.33. The van der Waals surface area contributed by atoms with E-state index in [0.29, 0.717) is 11.7 Å². The highest BCUT2D eigenvalue weighted by Crippen LogP contribution is 2.46. The zero-order valence-corrected chi connectivity index (χ0v) is 14.3. The van der Waals surface area contributed by atoms with Gasteiger partial charge in [0.1, 0.15) is 5.75 Å². The third-order valence-electron chi connectivity index (χ3n) is 4.79. The number of hydrogen-bond acceptors (Lipinski definition) is 3. The summed E-state index contributed by atoms with van der Waals surface area (Å²) < 4.78 is 6.53. The molecule has 0 amide bonds. The maximum atomic E-state index is 9.93. The van der Waals surface area contributed by atoms with Crippen molar-refractivity contribution in [1.29, 1.82) is 0 Å². The molecule has 3 nitrogen and oxygen atoms in total. The Hall–Kier alpha value is -1.06. The quantitative estimate of drug-likeness (QED) is 0.768. The minimum atomic E-state index is -0.240. The normalized spacial score (nSPS) is 25.5. The van der Waals surface area contributed by atoms with Crippen molar-refractivity contribution < 1.29 is 9.84 Å². The lowest BCUT2D eigenvalue weighted by atomic mass is 9.71. The lowest BCUT2D eigenvalue weighted by Gasteiger charge is -2.45. The fourth-order valence-electron chi connectivity index (χ4n) is 3.72. The van der Waals surface area contributed by atoms with Crippen molar-refractivity contribution in [2.45, 2.75) is 51.0 Å². The first-order valence-corrected chi connectivity index (χ1v) is 8.66. The molecule has 0 aliphatic heterocycles. The number of rotatable bonds is 7. The lowest BCUT2D eigenvalue weighted by Crippen LogP contribution is -2.45. The predicted molar refractivity (Wildman–Crippen MR) is 91.2 cm³/mol. The van der Waals surface area contributed by atoms with Crippen molar-refractivity contribution in [3.8, 4) is 5.75 Å². The van der Waals surface area contributed by atoms with Gasteiger partial charge in [-0.15, -0.1) is 0 Å². The van der Waals surface area contributed by atoms with Gasteiger partial charge in [0.05, 0.1) is 5.60 Å². The smallest absolute Gasteiger partial charge is 0.115 e. The first-order valence-electron chi connectivity index (χ1n) is 8.66. The molecule has 0 radical (unpaired) electrons. The number of benzene rings is 1. The Morgan fingerprint density at radius 3 is 2.82 bits per heavy atom. The van der Waals surface area contributed by atoms with Crippen LogP contribution in [0.3, 0.4) is 0 Å². The van der Waals surface area contributed by atoms with E-state index in [-0.39, 0.29) is 5.60 Å². The fourth-order valence-corrected chi connectivity index (χ4v) is 3.72. The summed E-state index contributed by atoms with van der Waals surface area (Å²) in [6.45, 7) is 4.03. The molecule has 0 saturated heterocycles. The summed E-state index contributed by atoms with van der Waals surface area (Å²) in [6, 6.07) is 7.71. The molecule has 0 spiro atoms. The van der Waals surface area contributed by atoms with Gasteiger partial charge in [0, 0.05) is 19.1 Å². The molecule has 3 heteroatoms. The van der Waals surface area contributed by atoms with Crippen LogP contribution in [-0.4, -0.2) is 37.3 Å². The number of unbranched alkanes of at least 4 members (excludes halogenated alkanes) is 1. The largest absolute Gasteiger partial charge is 0.508 e. The summed E-state index contributed by atoms with van der Waals surface area (Å²) in [5.41, 5.74) is 0.909. The van der Waals surface area contributed by atoms with Gasteiger partial charge in [0.15, 0.2) is 0 Å². The van der Waals surface area contributed by atoms with Crippen LogP contribution in [0.5, 0.6) is 5.75 Å². The standard InChI is InChI=1S/C19H31NO2/c1-4-5-13-22-19(16-10-8-11-18(21)14-16)12-7-6-9-17(19)15-20(2)3/h8,10-11,14,17,21H,4-7,9,12-13,15H2,1-3H3/t17-,19+/m1/s1. The first kappa shape index (κ1) is 17.3. The molecular weight excluding hydrogens is 274 g/mol. The van der Waals surface area contributed by atoms with Crippen LogP contribution in [0, 0.1) is 5.92 Å². The third-order valence-corrected chi connectivity index (χ3v) is 4.79. The maximum absolute atomic E-state index is 9.93. The van der Waals surface area contributed by atoms with Gasteiger partial charge in [-0.3, -0.25) is 0 Å². The van der Waals surface area contributed by atoms with Crippen LogP contribution in [0.2, 0.25) is 0 Å². The molecule has 0 aromatic heterocycles. The van der Waals surface area contributed by atoms with E-state index in [1.165, 1.54) is 19.3 Å². The molecule has 1 N–H and O–H groups in total. The predicted octanol–water partition coefficient (Wildman–Crippen LogP) is 4.16. The molecule has 1 aromatic rings. The maximum Gasteiger partial charge on any atom is 0.115 e. The van der Waals surface area contributed by atoms with Crippen molar-refractivity contribution >= 4 is 0 Å². The highest BCUT2D eigenvalue weighted by molar-refractivity contribution is 5.32. The van der Waals surface area contributed by atoms with Crippen molar-refractivity contribution in [3.05, 3.63) is 29.8 Å². The molecule has 1 fully saturated rings. The van der Waals surface area contributed by atoms with Crippen molar-refractivity contribution in [3.63, 3.8) is 0 Å². The SMILES string of the molecule is CCCCO[C@]1(c2cccc(O)c2)CCCC[C@@H]1CN(C)C. The van der Waals surface area contributed by atoms with E-state index >= 15 is 0 Å². The molecule has 1 aliphatic rings. The van der Waals surface area contributed by atoms with Crippen LogP contribution in [-0.2, 0) is 10.3 Å². The summed E-state index contributed by atoms with van der Waals surface area (Å²) in [7, 11) is 4.27. The highest BCUT2D eigenvalue weighted by Gasteiger charge is 2.43. The Labute approximate surface area is 135 Å². The van der Waals surface area contributed by atoms with Crippen molar-refractivity contribution in [2.24, 2.45) is 5.92 Å². The van der Waals surface area contributed by atoms with Crippen molar-refractivity contribution in [2.75, 3.05) is 27.2 Å². The number of phenolic OH excluding ortho intramolecular Hbond substituents is 1. The van der Waals surface area contributed by atoms with Crippen molar-refractivity contribution in [1.82, 2.24) is 4.90 Å². The van der Waals surface area contributed by atoms with Crippen LogP contribution >= 0.6 is 0 Å². The summed E-state index contributed by atoms with van der Waals surface area (Å²) in [5, 5.41) is 9.93. The van der Waals surface area contributed by atoms with Crippen LogP contribution in [0.4, 0.5) is 0 Å². The van der Waals surface area contributed by atoms with Gasteiger partial charge in [-0.05, 0) is 51.1 Å². The van der Waals surface area contributed by atoms with Gasteiger partial charge in [0.25, 0.3) is 0 Å². The minimum Gasteiger partial charge on any atom is -0.508 e. The van der Waals surface area contributed by atoms with E-state index in [4.69, 9.17) is 4.74 Å². The zero-order chi connectivity index (χ0) is 16.0. The summed E-state index contributed by atoms with van der Waals surface area (Å²) in [6.07, 6.45) is 6.96. The van der Waals surface area contributed by atoms with Crippen LogP contribution in [0.15, 0.2) is 24.3 Å². The van der Waals surface area contributed by atoms with Gasteiger partial charge < -0.3 is 14.7 Å². The number of ether oxygens (including phenoxy) is 1. The Morgan fingerprint density at radius 2 is 2.14 bits per heavy atom. The van der Waals surface area contributed by atoms with Crippen LogP contribution in [0.1, 0.15) is 51.0 Å². The van der Waals surface area contributed by atoms with E-state index in [1.54, 1.807) is 6.07 Å². The van der Waals surface area contributed by atoms with E-state index in [9.17, 15) is 5.11 Å². The molecule has 1 aliphatic carbocycles. The molecular formula is C19H31NO2. The van der Waals surface area contributed by atoms with Gasteiger partial charge >= 0.3 is 0 Å². The van der Waals surface area contributed by atoms with Crippen LogP contribution < -0.4 is 0 Å². The number of nitrogens with zero attached hydrogens (tertiary/aromatic N) is 1. The molecule has 1 aromatic carbocycles. The number of phenols is 1.